The molecule has 1 unspecified atom stereocenters. The van der Waals surface area contributed by atoms with E-state index in [2.05, 4.69) is 36.1 Å². The lowest BCUT2D eigenvalue weighted by Gasteiger charge is -2.25. The number of benzene rings is 1. The number of halogens is 2. The maximum Gasteiger partial charge on any atom is 0.193 e. The molecule has 1 fully saturated rings. The van der Waals surface area contributed by atoms with E-state index in [9.17, 15) is 4.39 Å². The first-order valence-corrected chi connectivity index (χ1v) is 9.08. The minimum absolute atomic E-state index is 0. The SMILES string of the molecule is CCNC(=NCCN(C)Cc1ccc(F)cc1)N(C)CC1CCOC1.I. The number of nitrogens with one attached hydrogen (secondary N) is 1. The molecule has 1 saturated heterocycles. The highest BCUT2D eigenvalue weighted by molar-refractivity contribution is 14.0. The number of likely N-dealkylation sites (N-methyl/N-ethyl adjacent to an activating group) is 1. The predicted molar refractivity (Wildman–Crippen MR) is 116 cm³/mol. The lowest BCUT2D eigenvalue weighted by molar-refractivity contribution is 0.181. The van der Waals surface area contributed by atoms with E-state index in [-0.39, 0.29) is 29.8 Å². The molecule has 0 amide bonds. The Morgan fingerprint density at radius 1 is 1.31 bits per heavy atom. The maximum absolute atomic E-state index is 13.0. The second-order valence-electron chi connectivity index (χ2n) is 6.71. The van der Waals surface area contributed by atoms with Crippen molar-refractivity contribution >= 4 is 29.9 Å². The van der Waals surface area contributed by atoms with E-state index in [1.807, 2.05) is 12.1 Å². The fraction of sp³-hybridized carbons (Fsp3) is 0.632. The van der Waals surface area contributed by atoms with Crippen molar-refractivity contribution in [3.05, 3.63) is 35.6 Å². The molecule has 1 aromatic rings. The van der Waals surface area contributed by atoms with Crippen LogP contribution in [0.1, 0.15) is 18.9 Å². The molecule has 7 heteroatoms. The van der Waals surface area contributed by atoms with Gasteiger partial charge in [0.2, 0.25) is 0 Å². The standard InChI is InChI=1S/C19H31FN4O.HI/c1-4-21-19(24(3)14-17-9-12-25-15-17)22-10-11-23(2)13-16-5-7-18(20)8-6-16;/h5-8,17H,4,9-15H2,1-3H3,(H,21,22);1H. The van der Waals surface area contributed by atoms with Crippen LogP contribution >= 0.6 is 24.0 Å². The highest BCUT2D eigenvalue weighted by Gasteiger charge is 2.19. The van der Waals surface area contributed by atoms with Crippen molar-refractivity contribution in [3.8, 4) is 0 Å². The van der Waals surface area contributed by atoms with Gasteiger partial charge in [0.15, 0.2) is 5.96 Å². The van der Waals surface area contributed by atoms with Gasteiger partial charge in [-0.3, -0.25) is 4.99 Å². The second kappa shape index (κ2) is 12.5. The second-order valence-corrected chi connectivity index (χ2v) is 6.71. The van der Waals surface area contributed by atoms with Gasteiger partial charge >= 0.3 is 0 Å². The van der Waals surface area contributed by atoms with Gasteiger partial charge in [0, 0.05) is 45.8 Å². The molecule has 5 nitrogen and oxygen atoms in total. The van der Waals surface area contributed by atoms with E-state index in [0.29, 0.717) is 5.92 Å². The van der Waals surface area contributed by atoms with Crippen molar-refractivity contribution in [3.63, 3.8) is 0 Å². The van der Waals surface area contributed by atoms with Crippen LogP contribution in [0.2, 0.25) is 0 Å². The molecule has 1 aromatic carbocycles. The molecule has 0 radical (unpaired) electrons. The van der Waals surface area contributed by atoms with Gasteiger partial charge in [0.25, 0.3) is 0 Å². The van der Waals surface area contributed by atoms with Crippen LogP contribution in [-0.2, 0) is 11.3 Å². The first-order valence-electron chi connectivity index (χ1n) is 9.08. The van der Waals surface area contributed by atoms with Crippen molar-refractivity contribution in [2.24, 2.45) is 10.9 Å². The molecule has 1 aliphatic heterocycles. The largest absolute Gasteiger partial charge is 0.381 e. The minimum Gasteiger partial charge on any atom is -0.381 e. The van der Waals surface area contributed by atoms with E-state index < -0.39 is 0 Å². The average molecular weight is 478 g/mol. The predicted octanol–water partition coefficient (Wildman–Crippen LogP) is 2.81. The summed E-state index contributed by atoms with van der Waals surface area (Å²) in [5.74, 6) is 1.35. The van der Waals surface area contributed by atoms with Gasteiger partial charge < -0.3 is 19.9 Å². The smallest absolute Gasteiger partial charge is 0.193 e. The van der Waals surface area contributed by atoms with Gasteiger partial charge in [-0.05, 0) is 38.1 Å². The molecular formula is C19H32FIN4O. The van der Waals surface area contributed by atoms with Crippen molar-refractivity contribution in [2.75, 3.05) is 53.5 Å². The van der Waals surface area contributed by atoms with Crippen LogP contribution in [0.5, 0.6) is 0 Å². The summed E-state index contributed by atoms with van der Waals surface area (Å²) in [6, 6.07) is 6.67. The summed E-state index contributed by atoms with van der Waals surface area (Å²) in [4.78, 5) is 9.14. The van der Waals surface area contributed by atoms with Crippen molar-refractivity contribution in [2.45, 2.75) is 19.9 Å². The average Bonchev–Trinajstić information content (AvgIpc) is 3.09. The minimum atomic E-state index is -0.193. The Morgan fingerprint density at radius 3 is 2.65 bits per heavy atom. The van der Waals surface area contributed by atoms with E-state index in [4.69, 9.17) is 9.73 Å². The number of hydrogen-bond acceptors (Lipinski definition) is 3. The molecule has 0 spiro atoms. The highest BCUT2D eigenvalue weighted by atomic mass is 127. The van der Waals surface area contributed by atoms with Crippen molar-refractivity contribution in [1.82, 2.24) is 15.1 Å². The van der Waals surface area contributed by atoms with Crippen LogP contribution in [0.15, 0.2) is 29.3 Å². The fourth-order valence-electron chi connectivity index (χ4n) is 2.98. The van der Waals surface area contributed by atoms with Crippen LogP contribution in [0.3, 0.4) is 0 Å². The number of nitrogens with zero attached hydrogens (tertiary/aromatic N) is 3. The summed E-state index contributed by atoms with van der Waals surface area (Å²) in [5, 5.41) is 3.36. The number of hydrogen-bond donors (Lipinski definition) is 1. The monoisotopic (exact) mass is 478 g/mol. The first kappa shape index (κ1) is 23.1. The molecular weight excluding hydrogens is 446 g/mol. The molecule has 1 N–H and O–H groups in total. The van der Waals surface area contributed by atoms with Crippen molar-refractivity contribution in [1.29, 1.82) is 0 Å². The van der Waals surface area contributed by atoms with Crippen LogP contribution in [-0.4, -0.2) is 69.2 Å². The summed E-state index contributed by atoms with van der Waals surface area (Å²) in [6.07, 6.45) is 1.13. The molecule has 2 rings (SSSR count). The number of guanidine groups is 1. The van der Waals surface area contributed by atoms with Crippen LogP contribution in [0, 0.1) is 11.7 Å². The van der Waals surface area contributed by atoms with Gasteiger partial charge in [-0.25, -0.2) is 4.39 Å². The molecule has 1 aliphatic rings. The Labute approximate surface area is 174 Å². The molecule has 1 heterocycles. The fourth-order valence-corrected chi connectivity index (χ4v) is 2.98. The summed E-state index contributed by atoms with van der Waals surface area (Å²) < 4.78 is 18.4. The quantitative estimate of drug-likeness (QED) is 0.355. The maximum atomic E-state index is 13.0. The number of rotatable bonds is 8. The Hall–Kier alpha value is -0.930. The summed E-state index contributed by atoms with van der Waals surface area (Å²) in [6.45, 7) is 8.01. The van der Waals surface area contributed by atoms with Gasteiger partial charge in [-0.1, -0.05) is 12.1 Å². The van der Waals surface area contributed by atoms with Gasteiger partial charge in [0.05, 0.1) is 13.2 Å². The molecule has 0 bridgehead atoms. The first-order chi connectivity index (χ1) is 12.1. The Kier molecular flexibility index (Phi) is 11.1. The van der Waals surface area contributed by atoms with E-state index in [1.54, 1.807) is 0 Å². The zero-order chi connectivity index (χ0) is 18.1. The van der Waals surface area contributed by atoms with Crippen LogP contribution in [0.4, 0.5) is 4.39 Å². The molecule has 0 aliphatic carbocycles. The van der Waals surface area contributed by atoms with Crippen LogP contribution < -0.4 is 5.32 Å². The summed E-state index contributed by atoms with van der Waals surface area (Å²) in [5.41, 5.74) is 1.11. The summed E-state index contributed by atoms with van der Waals surface area (Å²) >= 11 is 0. The van der Waals surface area contributed by atoms with E-state index >= 15 is 0 Å². The van der Waals surface area contributed by atoms with Gasteiger partial charge in [0.1, 0.15) is 5.82 Å². The molecule has 26 heavy (non-hydrogen) atoms. The Bertz CT molecular complexity index is 535. The third-order valence-corrected chi connectivity index (χ3v) is 4.36. The van der Waals surface area contributed by atoms with Crippen molar-refractivity contribution < 1.29 is 9.13 Å². The Balaban J connectivity index is 0.00000338. The molecule has 0 aromatic heterocycles. The Morgan fingerprint density at radius 2 is 2.04 bits per heavy atom. The lowest BCUT2D eigenvalue weighted by Crippen LogP contribution is -2.41. The van der Waals surface area contributed by atoms with Crippen LogP contribution in [0.25, 0.3) is 0 Å². The zero-order valence-electron chi connectivity index (χ0n) is 16.1. The summed E-state index contributed by atoms with van der Waals surface area (Å²) in [7, 11) is 4.15. The zero-order valence-corrected chi connectivity index (χ0v) is 18.4. The lowest BCUT2D eigenvalue weighted by atomic mass is 10.1. The van der Waals surface area contributed by atoms with Gasteiger partial charge in [-0.15, -0.1) is 24.0 Å². The number of ether oxygens (including phenoxy) is 1. The third kappa shape index (κ3) is 8.18. The molecule has 0 saturated carbocycles. The number of aliphatic imine (C=N–C) groups is 1. The highest BCUT2D eigenvalue weighted by Crippen LogP contribution is 2.13. The van der Waals surface area contributed by atoms with E-state index in [1.165, 1.54) is 12.1 Å². The topological polar surface area (TPSA) is 40.1 Å². The molecule has 148 valence electrons. The van der Waals surface area contributed by atoms with E-state index in [0.717, 1.165) is 63.9 Å². The van der Waals surface area contributed by atoms with Gasteiger partial charge in [-0.2, -0.15) is 0 Å². The third-order valence-electron chi connectivity index (χ3n) is 4.36. The molecule has 1 atom stereocenters. The normalized spacial score (nSPS) is 17.3.